The Morgan fingerprint density at radius 2 is 1.93 bits per heavy atom. The van der Waals surface area contributed by atoms with Crippen molar-refractivity contribution in [1.82, 2.24) is 0 Å². The summed E-state index contributed by atoms with van der Waals surface area (Å²) in [7, 11) is 0. The quantitative estimate of drug-likeness (QED) is 0.691. The highest BCUT2D eigenvalue weighted by Gasteiger charge is 2.10. The van der Waals surface area contributed by atoms with Crippen LogP contribution in [-0.4, -0.2) is 0 Å². The summed E-state index contributed by atoms with van der Waals surface area (Å²) in [6.45, 7) is 8.52. The molecule has 1 radical (unpaired) electrons. The summed E-state index contributed by atoms with van der Waals surface area (Å²) in [5.74, 6) is 1.78. The lowest BCUT2D eigenvalue weighted by Gasteiger charge is -2.15. The topological polar surface area (TPSA) is 23.8 Å². The van der Waals surface area contributed by atoms with Gasteiger partial charge in [-0.15, -0.1) is 0 Å². The molecule has 0 unspecified atom stereocenters. The largest absolute Gasteiger partial charge is 0.192 e. The Morgan fingerprint density at radius 3 is 2.36 bits per heavy atom. The molecule has 0 atom stereocenters. The lowest BCUT2D eigenvalue weighted by Crippen LogP contribution is -1.99. The Labute approximate surface area is 86.4 Å². The van der Waals surface area contributed by atoms with Crippen LogP contribution in [-0.2, 0) is 0 Å². The van der Waals surface area contributed by atoms with E-state index in [1.807, 2.05) is 12.1 Å². The number of hydrogen-bond acceptors (Lipinski definition) is 1. The van der Waals surface area contributed by atoms with Crippen molar-refractivity contribution in [3.63, 3.8) is 0 Å². The maximum Gasteiger partial charge on any atom is 0.0991 e. The minimum Gasteiger partial charge on any atom is -0.192 e. The molecule has 1 nitrogen and oxygen atoms in total. The molecule has 0 saturated carbocycles. The van der Waals surface area contributed by atoms with Gasteiger partial charge in [-0.3, -0.25) is 0 Å². The molecule has 1 aromatic carbocycles. The minimum absolute atomic E-state index is 0.507. The van der Waals surface area contributed by atoms with Crippen molar-refractivity contribution in [2.45, 2.75) is 33.6 Å². The van der Waals surface area contributed by atoms with E-state index in [9.17, 15) is 0 Å². The van der Waals surface area contributed by atoms with E-state index in [2.05, 4.69) is 39.8 Å². The highest BCUT2D eigenvalue weighted by atomic mass is 14.2. The van der Waals surface area contributed by atoms with Crippen LogP contribution in [0.4, 0.5) is 0 Å². The van der Waals surface area contributed by atoms with Gasteiger partial charge >= 0.3 is 0 Å². The molecule has 0 heterocycles. The van der Waals surface area contributed by atoms with E-state index in [1.165, 1.54) is 17.0 Å². The zero-order valence-corrected chi connectivity index (χ0v) is 9.26. The van der Waals surface area contributed by atoms with E-state index in [-0.39, 0.29) is 0 Å². The normalized spacial score (nSPS) is 10.6. The van der Waals surface area contributed by atoms with Crippen LogP contribution in [0.3, 0.4) is 0 Å². The van der Waals surface area contributed by atoms with Gasteiger partial charge in [-0.05, 0) is 35.1 Å². The minimum atomic E-state index is 0.507. The van der Waals surface area contributed by atoms with Crippen LogP contribution in [0.1, 0.15) is 50.3 Å². The first-order chi connectivity index (χ1) is 6.56. The monoisotopic (exact) mass is 186 g/mol. The van der Waals surface area contributed by atoms with Crippen molar-refractivity contribution in [3.05, 3.63) is 40.8 Å². The van der Waals surface area contributed by atoms with Crippen LogP contribution in [0.5, 0.6) is 0 Å². The molecule has 0 saturated heterocycles. The molecule has 73 valence electrons. The summed E-state index contributed by atoms with van der Waals surface area (Å²) in [6.07, 6.45) is 0. The van der Waals surface area contributed by atoms with Crippen molar-refractivity contribution in [3.8, 4) is 6.07 Å². The molecular formula is C13H16N. The molecular weight excluding hydrogens is 170 g/mol. The van der Waals surface area contributed by atoms with E-state index in [1.54, 1.807) is 0 Å². The highest BCUT2D eigenvalue weighted by Crippen LogP contribution is 2.26. The van der Waals surface area contributed by atoms with Crippen LogP contribution in [0.15, 0.2) is 18.2 Å². The van der Waals surface area contributed by atoms with Gasteiger partial charge in [0.1, 0.15) is 0 Å². The van der Waals surface area contributed by atoms with Crippen LogP contribution < -0.4 is 0 Å². The summed E-state index contributed by atoms with van der Waals surface area (Å²) in [4.78, 5) is 0. The fourth-order valence-corrected chi connectivity index (χ4v) is 1.56. The van der Waals surface area contributed by atoms with Gasteiger partial charge in [0.2, 0.25) is 0 Å². The van der Waals surface area contributed by atoms with E-state index in [4.69, 9.17) is 5.26 Å². The van der Waals surface area contributed by atoms with Crippen molar-refractivity contribution >= 4 is 0 Å². The second-order valence-corrected chi connectivity index (χ2v) is 4.07. The SMILES string of the molecule is C[C](C)c1cc(C#N)ccc1C(C)C. The van der Waals surface area contributed by atoms with E-state index >= 15 is 0 Å². The molecule has 0 aromatic heterocycles. The van der Waals surface area contributed by atoms with Gasteiger partial charge in [-0.1, -0.05) is 33.8 Å². The van der Waals surface area contributed by atoms with Gasteiger partial charge in [0.25, 0.3) is 0 Å². The summed E-state index contributed by atoms with van der Waals surface area (Å²) >= 11 is 0. The van der Waals surface area contributed by atoms with Crippen molar-refractivity contribution < 1.29 is 0 Å². The molecule has 0 aliphatic rings. The standard InChI is InChI=1S/C13H16N/c1-9(2)12-6-5-11(8-14)7-13(12)10(3)4/h5-7,9H,1-4H3. The third-order valence-corrected chi connectivity index (χ3v) is 2.34. The number of rotatable bonds is 2. The fraction of sp³-hybridized carbons (Fsp3) is 0.385. The Balaban J connectivity index is 3.26. The van der Waals surface area contributed by atoms with Gasteiger partial charge in [-0.2, -0.15) is 5.26 Å². The number of nitriles is 1. The van der Waals surface area contributed by atoms with Crippen molar-refractivity contribution in [2.75, 3.05) is 0 Å². The van der Waals surface area contributed by atoms with Gasteiger partial charge in [0, 0.05) is 0 Å². The molecule has 1 heteroatoms. The lowest BCUT2D eigenvalue weighted by molar-refractivity contribution is 0.849. The summed E-state index contributed by atoms with van der Waals surface area (Å²) in [5, 5.41) is 8.81. The van der Waals surface area contributed by atoms with E-state index < -0.39 is 0 Å². The number of benzene rings is 1. The van der Waals surface area contributed by atoms with Crippen molar-refractivity contribution in [2.24, 2.45) is 0 Å². The smallest absolute Gasteiger partial charge is 0.0991 e. The molecule has 0 fully saturated rings. The Kier molecular flexibility index (Phi) is 3.30. The first kappa shape index (κ1) is 10.8. The first-order valence-electron chi connectivity index (χ1n) is 4.91. The molecule has 0 aliphatic carbocycles. The van der Waals surface area contributed by atoms with E-state index in [0.29, 0.717) is 5.92 Å². The summed E-state index contributed by atoms with van der Waals surface area (Å²) in [5.41, 5.74) is 3.29. The molecule has 0 aliphatic heterocycles. The average Bonchev–Trinajstić information content (AvgIpc) is 2.16. The predicted molar refractivity (Wildman–Crippen MR) is 58.9 cm³/mol. The fourth-order valence-electron chi connectivity index (χ4n) is 1.56. The molecule has 0 spiro atoms. The molecule has 1 aromatic rings. The zero-order chi connectivity index (χ0) is 10.7. The Hall–Kier alpha value is -1.29. The molecule has 0 bridgehead atoms. The third kappa shape index (κ3) is 2.14. The highest BCUT2D eigenvalue weighted by molar-refractivity contribution is 5.45. The Morgan fingerprint density at radius 1 is 1.29 bits per heavy atom. The lowest BCUT2D eigenvalue weighted by atomic mass is 9.89. The second-order valence-electron chi connectivity index (χ2n) is 4.07. The van der Waals surface area contributed by atoms with Crippen LogP contribution in [0, 0.1) is 17.2 Å². The van der Waals surface area contributed by atoms with Crippen LogP contribution >= 0.6 is 0 Å². The molecule has 1 rings (SSSR count). The molecule has 14 heavy (non-hydrogen) atoms. The maximum absolute atomic E-state index is 8.81. The summed E-state index contributed by atoms with van der Waals surface area (Å²) < 4.78 is 0. The number of nitrogens with zero attached hydrogens (tertiary/aromatic N) is 1. The van der Waals surface area contributed by atoms with Gasteiger partial charge in [-0.25, -0.2) is 0 Å². The van der Waals surface area contributed by atoms with Crippen LogP contribution in [0.25, 0.3) is 0 Å². The van der Waals surface area contributed by atoms with Gasteiger partial charge in [0.15, 0.2) is 0 Å². The van der Waals surface area contributed by atoms with Crippen LogP contribution in [0.2, 0.25) is 0 Å². The molecule has 0 amide bonds. The zero-order valence-electron chi connectivity index (χ0n) is 9.26. The predicted octanol–water partition coefficient (Wildman–Crippen LogP) is 3.64. The Bertz CT molecular complexity index is 356. The number of hydrogen-bond donors (Lipinski definition) is 0. The first-order valence-corrected chi connectivity index (χ1v) is 4.91. The summed E-state index contributed by atoms with van der Waals surface area (Å²) in [6, 6.07) is 8.10. The van der Waals surface area contributed by atoms with Gasteiger partial charge in [0.05, 0.1) is 11.6 Å². The second kappa shape index (κ2) is 4.28. The van der Waals surface area contributed by atoms with E-state index in [0.717, 1.165) is 5.56 Å². The third-order valence-electron chi connectivity index (χ3n) is 2.34. The maximum atomic E-state index is 8.81. The van der Waals surface area contributed by atoms with Crippen molar-refractivity contribution in [1.29, 1.82) is 5.26 Å². The molecule has 0 N–H and O–H groups in total. The average molecular weight is 186 g/mol. The van der Waals surface area contributed by atoms with Gasteiger partial charge < -0.3 is 0 Å².